The highest BCUT2D eigenvalue weighted by Crippen LogP contribution is 2.39. The molecule has 3 heteroatoms. The molecule has 2 rings (SSSR count). The van der Waals surface area contributed by atoms with E-state index < -0.39 is 6.10 Å². The van der Waals surface area contributed by atoms with Crippen LogP contribution < -0.4 is 5.32 Å². The Morgan fingerprint density at radius 2 is 2.06 bits per heavy atom. The van der Waals surface area contributed by atoms with E-state index in [9.17, 15) is 9.90 Å². The summed E-state index contributed by atoms with van der Waals surface area (Å²) < 4.78 is 0. The van der Waals surface area contributed by atoms with E-state index in [0.29, 0.717) is 12.3 Å². The minimum atomic E-state index is -0.510. The van der Waals surface area contributed by atoms with E-state index in [1.165, 1.54) is 0 Å². The molecule has 1 heterocycles. The van der Waals surface area contributed by atoms with Crippen molar-refractivity contribution in [3.05, 3.63) is 28.8 Å². The molecule has 1 aromatic carbocycles. The van der Waals surface area contributed by atoms with Gasteiger partial charge in [0.05, 0.1) is 17.7 Å². The Balaban J connectivity index is 2.44. The first kappa shape index (κ1) is 13.1. The van der Waals surface area contributed by atoms with Gasteiger partial charge in [-0.2, -0.15) is 0 Å². The average Bonchev–Trinajstić information content (AvgIpc) is 2.54. The van der Waals surface area contributed by atoms with E-state index in [2.05, 4.69) is 19.2 Å². The number of anilines is 1. The molecule has 2 N–H and O–H groups in total. The van der Waals surface area contributed by atoms with Gasteiger partial charge in [0.2, 0.25) is 5.91 Å². The Labute approximate surface area is 108 Å². The second-order valence-electron chi connectivity index (χ2n) is 5.67. The molecule has 1 aromatic rings. The lowest BCUT2D eigenvalue weighted by Gasteiger charge is -2.18. The topological polar surface area (TPSA) is 49.3 Å². The molecule has 0 aliphatic carbocycles. The fourth-order valence-corrected chi connectivity index (χ4v) is 2.54. The molecule has 0 aromatic heterocycles. The highest BCUT2D eigenvalue weighted by atomic mass is 16.3. The van der Waals surface area contributed by atoms with Gasteiger partial charge in [-0.05, 0) is 31.7 Å². The Bertz CT molecular complexity index is 480. The molecular weight excluding hydrogens is 226 g/mol. The summed E-state index contributed by atoms with van der Waals surface area (Å²) in [6.45, 7) is 8.07. The van der Waals surface area contributed by atoms with Crippen LogP contribution in [0.3, 0.4) is 0 Å². The second-order valence-corrected chi connectivity index (χ2v) is 5.67. The summed E-state index contributed by atoms with van der Waals surface area (Å²) in [5.41, 5.74) is 3.79. The SMILES string of the molecule is Cc1cc(C(O)CC(C)C)c2c(c1)C(C)C(=O)N2. The second kappa shape index (κ2) is 4.73. The molecule has 18 heavy (non-hydrogen) atoms. The van der Waals surface area contributed by atoms with Gasteiger partial charge >= 0.3 is 0 Å². The molecule has 0 radical (unpaired) electrons. The summed E-state index contributed by atoms with van der Waals surface area (Å²) in [4.78, 5) is 11.7. The third-order valence-electron chi connectivity index (χ3n) is 3.51. The third-order valence-corrected chi connectivity index (χ3v) is 3.51. The van der Waals surface area contributed by atoms with Crippen LogP contribution in [0.25, 0.3) is 0 Å². The summed E-state index contributed by atoms with van der Waals surface area (Å²) in [5, 5.41) is 13.2. The van der Waals surface area contributed by atoms with Crippen LogP contribution in [-0.2, 0) is 4.79 Å². The van der Waals surface area contributed by atoms with E-state index in [1.807, 2.05) is 26.0 Å². The number of hydrogen-bond donors (Lipinski definition) is 2. The third kappa shape index (κ3) is 2.27. The molecule has 1 aliphatic rings. The fourth-order valence-electron chi connectivity index (χ4n) is 2.54. The number of hydrogen-bond acceptors (Lipinski definition) is 2. The molecule has 3 nitrogen and oxygen atoms in total. The van der Waals surface area contributed by atoms with Crippen molar-refractivity contribution in [3.8, 4) is 0 Å². The molecule has 1 aliphatic heterocycles. The standard InChI is InChI=1S/C15H21NO2/c1-8(2)5-13(17)12-7-9(3)6-11-10(4)15(18)16-14(11)12/h6-8,10,13,17H,5H2,1-4H3,(H,16,18). The van der Waals surface area contributed by atoms with Crippen LogP contribution in [-0.4, -0.2) is 11.0 Å². The first-order chi connectivity index (χ1) is 8.40. The molecule has 0 bridgehead atoms. The molecule has 1 amide bonds. The van der Waals surface area contributed by atoms with Crippen molar-refractivity contribution >= 4 is 11.6 Å². The largest absolute Gasteiger partial charge is 0.388 e. The number of nitrogens with one attached hydrogen (secondary N) is 1. The van der Waals surface area contributed by atoms with Crippen LogP contribution in [0.1, 0.15) is 55.9 Å². The van der Waals surface area contributed by atoms with Crippen molar-refractivity contribution in [1.29, 1.82) is 0 Å². The monoisotopic (exact) mass is 247 g/mol. The number of aliphatic hydroxyl groups is 1. The van der Waals surface area contributed by atoms with Crippen molar-refractivity contribution in [2.24, 2.45) is 5.92 Å². The number of amides is 1. The van der Waals surface area contributed by atoms with Crippen LogP contribution in [0.5, 0.6) is 0 Å². The molecule has 0 fully saturated rings. The normalized spacial score (nSPS) is 19.9. The van der Waals surface area contributed by atoms with Gasteiger partial charge in [-0.25, -0.2) is 0 Å². The number of fused-ring (bicyclic) bond motifs is 1. The molecule has 0 spiro atoms. The van der Waals surface area contributed by atoms with Crippen LogP contribution in [0.15, 0.2) is 12.1 Å². The number of carbonyl (C=O) groups excluding carboxylic acids is 1. The zero-order valence-electron chi connectivity index (χ0n) is 11.4. The smallest absolute Gasteiger partial charge is 0.231 e. The summed E-state index contributed by atoms with van der Waals surface area (Å²) in [6.07, 6.45) is 0.199. The van der Waals surface area contributed by atoms with Crippen molar-refractivity contribution in [1.82, 2.24) is 0 Å². The van der Waals surface area contributed by atoms with Gasteiger partial charge in [-0.15, -0.1) is 0 Å². The molecule has 2 atom stereocenters. The number of rotatable bonds is 3. The van der Waals surface area contributed by atoms with Gasteiger partial charge in [-0.3, -0.25) is 4.79 Å². The van der Waals surface area contributed by atoms with Gasteiger partial charge in [0.1, 0.15) is 0 Å². The predicted octanol–water partition coefficient (Wildman–Crippen LogP) is 3.13. The first-order valence-electron chi connectivity index (χ1n) is 6.53. The predicted molar refractivity (Wildman–Crippen MR) is 72.6 cm³/mol. The average molecular weight is 247 g/mol. The van der Waals surface area contributed by atoms with Crippen LogP contribution in [0.4, 0.5) is 5.69 Å². The zero-order valence-corrected chi connectivity index (χ0v) is 11.4. The van der Waals surface area contributed by atoms with E-state index >= 15 is 0 Å². The minimum Gasteiger partial charge on any atom is -0.388 e. The molecule has 0 saturated carbocycles. The van der Waals surface area contributed by atoms with Crippen molar-refractivity contribution in [3.63, 3.8) is 0 Å². The van der Waals surface area contributed by atoms with E-state index in [-0.39, 0.29) is 11.8 Å². The van der Waals surface area contributed by atoms with Crippen molar-refractivity contribution < 1.29 is 9.90 Å². The van der Waals surface area contributed by atoms with E-state index in [1.54, 1.807) is 0 Å². The van der Waals surface area contributed by atoms with Crippen molar-refractivity contribution in [2.75, 3.05) is 5.32 Å². The van der Waals surface area contributed by atoms with Gasteiger partial charge in [-0.1, -0.05) is 31.5 Å². The van der Waals surface area contributed by atoms with Gasteiger partial charge < -0.3 is 10.4 Å². The van der Waals surface area contributed by atoms with Crippen molar-refractivity contribution in [2.45, 2.75) is 46.1 Å². The summed E-state index contributed by atoms with van der Waals surface area (Å²) in [7, 11) is 0. The molecule has 2 unspecified atom stereocenters. The maximum absolute atomic E-state index is 11.7. The van der Waals surface area contributed by atoms with E-state index in [0.717, 1.165) is 22.4 Å². The molecular formula is C15H21NO2. The highest BCUT2D eigenvalue weighted by molar-refractivity contribution is 6.03. The van der Waals surface area contributed by atoms with Crippen LogP contribution in [0.2, 0.25) is 0 Å². The molecule has 98 valence electrons. The number of carbonyl (C=O) groups is 1. The number of benzene rings is 1. The lowest BCUT2D eigenvalue weighted by atomic mass is 9.92. The maximum Gasteiger partial charge on any atom is 0.231 e. The Hall–Kier alpha value is -1.35. The summed E-state index contributed by atoms with van der Waals surface area (Å²) in [5.74, 6) is 0.323. The Morgan fingerprint density at radius 3 is 2.67 bits per heavy atom. The van der Waals surface area contributed by atoms with Gasteiger partial charge in [0.15, 0.2) is 0 Å². The maximum atomic E-state index is 11.7. The molecule has 0 saturated heterocycles. The highest BCUT2D eigenvalue weighted by Gasteiger charge is 2.30. The quantitative estimate of drug-likeness (QED) is 0.862. The van der Waals surface area contributed by atoms with Gasteiger partial charge in [0.25, 0.3) is 0 Å². The summed E-state index contributed by atoms with van der Waals surface area (Å²) >= 11 is 0. The van der Waals surface area contributed by atoms with Crippen LogP contribution >= 0.6 is 0 Å². The fraction of sp³-hybridized carbons (Fsp3) is 0.533. The summed E-state index contributed by atoms with van der Waals surface area (Å²) in [6, 6.07) is 4.01. The lowest BCUT2D eigenvalue weighted by Crippen LogP contribution is -2.10. The van der Waals surface area contributed by atoms with E-state index in [4.69, 9.17) is 0 Å². The Morgan fingerprint density at radius 1 is 1.39 bits per heavy atom. The number of aryl methyl sites for hydroxylation is 1. The lowest BCUT2D eigenvalue weighted by molar-refractivity contribution is -0.116. The first-order valence-corrected chi connectivity index (χ1v) is 6.53. The Kier molecular flexibility index (Phi) is 3.44. The number of aliphatic hydroxyl groups excluding tert-OH is 1. The zero-order chi connectivity index (χ0) is 13.4. The minimum absolute atomic E-state index is 0.0218. The van der Waals surface area contributed by atoms with Gasteiger partial charge in [0, 0.05) is 5.56 Å². The van der Waals surface area contributed by atoms with Crippen LogP contribution in [0, 0.1) is 12.8 Å².